The van der Waals surface area contributed by atoms with Crippen molar-refractivity contribution in [3.8, 4) is 0 Å². The van der Waals surface area contributed by atoms with E-state index >= 15 is 0 Å². The lowest BCUT2D eigenvalue weighted by Gasteiger charge is -2.40. The molecule has 0 radical (unpaired) electrons. The molecule has 2 nitrogen and oxygen atoms in total. The van der Waals surface area contributed by atoms with Crippen LogP contribution in [-0.2, 0) is 0 Å². The van der Waals surface area contributed by atoms with Crippen molar-refractivity contribution < 1.29 is 0 Å². The standard InChI is InChI=1S/C16H26N2/c1-13(14-7-5-4-6-8-14)11-18-15-9-10-17-12-16(15,2)3/h4-8,13,15,17-18H,9-12H2,1-3H3. The Kier molecular flexibility index (Phi) is 4.41. The third-order valence-corrected chi connectivity index (χ3v) is 4.17. The first-order chi connectivity index (χ1) is 8.59. The maximum atomic E-state index is 3.77. The van der Waals surface area contributed by atoms with Gasteiger partial charge in [0.1, 0.15) is 0 Å². The minimum atomic E-state index is 0.356. The lowest BCUT2D eigenvalue weighted by molar-refractivity contribution is 0.184. The maximum absolute atomic E-state index is 3.77. The fraction of sp³-hybridized carbons (Fsp3) is 0.625. The molecule has 18 heavy (non-hydrogen) atoms. The van der Waals surface area contributed by atoms with Crippen molar-refractivity contribution in [2.45, 2.75) is 39.2 Å². The molecule has 2 rings (SSSR count). The second kappa shape index (κ2) is 5.85. The minimum absolute atomic E-state index is 0.356. The summed E-state index contributed by atoms with van der Waals surface area (Å²) in [6.45, 7) is 10.3. The van der Waals surface area contributed by atoms with Gasteiger partial charge in [0.15, 0.2) is 0 Å². The highest BCUT2D eigenvalue weighted by Gasteiger charge is 2.31. The number of hydrogen-bond donors (Lipinski definition) is 2. The molecule has 1 fully saturated rings. The lowest BCUT2D eigenvalue weighted by Crippen LogP contribution is -2.53. The van der Waals surface area contributed by atoms with Gasteiger partial charge < -0.3 is 10.6 Å². The predicted octanol–water partition coefficient (Wildman–Crippen LogP) is 2.77. The van der Waals surface area contributed by atoms with E-state index in [0.717, 1.165) is 19.6 Å². The molecular formula is C16H26N2. The highest BCUT2D eigenvalue weighted by Crippen LogP contribution is 2.25. The Morgan fingerprint density at radius 1 is 1.33 bits per heavy atom. The topological polar surface area (TPSA) is 24.1 Å². The quantitative estimate of drug-likeness (QED) is 0.853. The zero-order valence-corrected chi connectivity index (χ0v) is 11.9. The molecule has 100 valence electrons. The van der Waals surface area contributed by atoms with Crippen LogP contribution in [0.2, 0.25) is 0 Å². The van der Waals surface area contributed by atoms with Gasteiger partial charge in [-0.2, -0.15) is 0 Å². The molecule has 0 saturated carbocycles. The summed E-state index contributed by atoms with van der Waals surface area (Å²) < 4.78 is 0. The second-order valence-corrected chi connectivity index (χ2v) is 6.23. The van der Waals surface area contributed by atoms with E-state index in [-0.39, 0.29) is 0 Å². The zero-order chi connectivity index (χ0) is 13.0. The summed E-state index contributed by atoms with van der Waals surface area (Å²) in [6, 6.07) is 11.4. The van der Waals surface area contributed by atoms with E-state index in [9.17, 15) is 0 Å². The Balaban J connectivity index is 1.87. The molecule has 1 saturated heterocycles. The van der Waals surface area contributed by atoms with E-state index in [2.05, 4.69) is 61.7 Å². The van der Waals surface area contributed by atoms with Gasteiger partial charge in [-0.05, 0) is 29.9 Å². The minimum Gasteiger partial charge on any atom is -0.316 e. The third kappa shape index (κ3) is 3.33. The van der Waals surface area contributed by atoms with E-state index in [1.807, 2.05) is 0 Å². The average molecular weight is 246 g/mol. The number of piperidine rings is 1. The molecule has 1 aromatic carbocycles. The van der Waals surface area contributed by atoms with E-state index in [4.69, 9.17) is 0 Å². The van der Waals surface area contributed by atoms with Crippen molar-refractivity contribution in [1.29, 1.82) is 0 Å². The molecule has 0 aromatic heterocycles. The van der Waals surface area contributed by atoms with Gasteiger partial charge in [-0.3, -0.25) is 0 Å². The number of rotatable bonds is 4. The Morgan fingerprint density at radius 3 is 2.72 bits per heavy atom. The SMILES string of the molecule is CC(CNC1CCNCC1(C)C)c1ccccc1. The van der Waals surface area contributed by atoms with Crippen LogP contribution in [0.4, 0.5) is 0 Å². The molecule has 0 spiro atoms. The number of benzene rings is 1. The summed E-state index contributed by atoms with van der Waals surface area (Å²) in [5, 5.41) is 7.25. The molecule has 2 unspecified atom stereocenters. The van der Waals surface area contributed by atoms with Gasteiger partial charge in [-0.1, -0.05) is 51.1 Å². The second-order valence-electron chi connectivity index (χ2n) is 6.23. The van der Waals surface area contributed by atoms with Crippen molar-refractivity contribution in [2.75, 3.05) is 19.6 Å². The Hall–Kier alpha value is -0.860. The van der Waals surface area contributed by atoms with E-state index in [1.165, 1.54) is 12.0 Å². The molecule has 1 aliphatic heterocycles. The fourth-order valence-electron chi connectivity index (χ4n) is 2.77. The van der Waals surface area contributed by atoms with Crippen LogP contribution in [0.1, 0.15) is 38.7 Å². The van der Waals surface area contributed by atoms with Crippen LogP contribution in [0.25, 0.3) is 0 Å². The zero-order valence-electron chi connectivity index (χ0n) is 11.9. The van der Waals surface area contributed by atoms with E-state index in [0.29, 0.717) is 17.4 Å². The predicted molar refractivity (Wildman–Crippen MR) is 77.9 cm³/mol. The molecule has 1 heterocycles. The molecule has 1 aromatic rings. The largest absolute Gasteiger partial charge is 0.316 e. The highest BCUT2D eigenvalue weighted by atomic mass is 15.0. The van der Waals surface area contributed by atoms with E-state index in [1.54, 1.807) is 0 Å². The molecular weight excluding hydrogens is 220 g/mol. The van der Waals surface area contributed by atoms with Crippen LogP contribution in [0, 0.1) is 5.41 Å². The van der Waals surface area contributed by atoms with Crippen molar-refractivity contribution >= 4 is 0 Å². The van der Waals surface area contributed by atoms with Crippen LogP contribution in [0.3, 0.4) is 0 Å². The van der Waals surface area contributed by atoms with Gasteiger partial charge >= 0.3 is 0 Å². The highest BCUT2D eigenvalue weighted by molar-refractivity contribution is 5.19. The van der Waals surface area contributed by atoms with Crippen molar-refractivity contribution in [2.24, 2.45) is 5.41 Å². The summed E-state index contributed by atoms with van der Waals surface area (Å²) >= 11 is 0. The van der Waals surface area contributed by atoms with Gasteiger partial charge in [0.2, 0.25) is 0 Å². The maximum Gasteiger partial charge on any atom is 0.0143 e. The third-order valence-electron chi connectivity index (χ3n) is 4.17. The number of hydrogen-bond acceptors (Lipinski definition) is 2. The summed E-state index contributed by atoms with van der Waals surface area (Å²) in [7, 11) is 0. The van der Waals surface area contributed by atoms with Gasteiger partial charge in [-0.25, -0.2) is 0 Å². The molecule has 0 amide bonds. The van der Waals surface area contributed by atoms with Crippen molar-refractivity contribution in [3.05, 3.63) is 35.9 Å². The van der Waals surface area contributed by atoms with Gasteiger partial charge in [-0.15, -0.1) is 0 Å². The summed E-state index contributed by atoms with van der Waals surface area (Å²) in [5.41, 5.74) is 1.78. The number of nitrogens with one attached hydrogen (secondary N) is 2. The van der Waals surface area contributed by atoms with Gasteiger partial charge in [0, 0.05) is 19.1 Å². The molecule has 2 atom stereocenters. The van der Waals surface area contributed by atoms with Crippen molar-refractivity contribution in [1.82, 2.24) is 10.6 Å². The molecule has 2 N–H and O–H groups in total. The first kappa shape index (κ1) is 13.6. The fourth-order valence-corrected chi connectivity index (χ4v) is 2.77. The van der Waals surface area contributed by atoms with Crippen LogP contribution in [0.5, 0.6) is 0 Å². The normalized spacial score (nSPS) is 24.7. The average Bonchev–Trinajstić information content (AvgIpc) is 2.38. The summed E-state index contributed by atoms with van der Waals surface area (Å²) in [6.07, 6.45) is 1.23. The van der Waals surface area contributed by atoms with Gasteiger partial charge in [0.25, 0.3) is 0 Å². The smallest absolute Gasteiger partial charge is 0.0143 e. The summed E-state index contributed by atoms with van der Waals surface area (Å²) in [4.78, 5) is 0. The molecule has 0 bridgehead atoms. The van der Waals surface area contributed by atoms with Gasteiger partial charge in [0.05, 0.1) is 0 Å². The van der Waals surface area contributed by atoms with E-state index < -0.39 is 0 Å². The lowest BCUT2D eigenvalue weighted by atomic mass is 9.80. The van der Waals surface area contributed by atoms with Crippen LogP contribution < -0.4 is 10.6 Å². The Morgan fingerprint density at radius 2 is 2.06 bits per heavy atom. The van der Waals surface area contributed by atoms with Crippen molar-refractivity contribution in [3.63, 3.8) is 0 Å². The first-order valence-electron chi connectivity index (χ1n) is 7.08. The molecule has 2 heteroatoms. The monoisotopic (exact) mass is 246 g/mol. The van der Waals surface area contributed by atoms with Crippen LogP contribution >= 0.6 is 0 Å². The Bertz CT molecular complexity index is 359. The molecule has 0 aliphatic carbocycles. The van der Waals surface area contributed by atoms with Crippen LogP contribution in [0.15, 0.2) is 30.3 Å². The first-order valence-corrected chi connectivity index (χ1v) is 7.08. The van der Waals surface area contributed by atoms with Crippen LogP contribution in [-0.4, -0.2) is 25.7 Å². The summed E-state index contributed by atoms with van der Waals surface area (Å²) in [5.74, 6) is 0.580. The Labute approximate surface area is 111 Å². The molecule has 1 aliphatic rings.